The van der Waals surface area contributed by atoms with Crippen molar-refractivity contribution in [3.63, 3.8) is 0 Å². The minimum absolute atomic E-state index is 0.238. The van der Waals surface area contributed by atoms with E-state index in [9.17, 15) is 4.39 Å². The van der Waals surface area contributed by atoms with Crippen molar-refractivity contribution in [1.82, 2.24) is 4.98 Å². The molecule has 0 aliphatic heterocycles. The number of benzene rings is 2. The first-order valence-corrected chi connectivity index (χ1v) is 7.57. The minimum Gasteiger partial charge on any atom is -0.326 e. The van der Waals surface area contributed by atoms with Gasteiger partial charge in [0.1, 0.15) is 10.8 Å². The predicted octanol–water partition coefficient (Wildman–Crippen LogP) is 4.38. The van der Waals surface area contributed by atoms with Gasteiger partial charge in [0, 0.05) is 23.1 Å². The van der Waals surface area contributed by atoms with Crippen molar-refractivity contribution in [3.05, 3.63) is 64.8 Å². The molecule has 0 fully saturated rings. The van der Waals surface area contributed by atoms with Crippen LogP contribution in [-0.4, -0.2) is 4.98 Å². The van der Waals surface area contributed by atoms with Crippen LogP contribution >= 0.6 is 11.3 Å². The van der Waals surface area contributed by atoms with Crippen LogP contribution in [0.15, 0.2) is 47.8 Å². The molecule has 2 N–H and O–H groups in total. The molecule has 0 aliphatic rings. The van der Waals surface area contributed by atoms with Crippen LogP contribution in [0.2, 0.25) is 0 Å². The van der Waals surface area contributed by atoms with E-state index in [2.05, 4.69) is 4.98 Å². The molecular formula is C17H15FN2S. The standard InChI is InChI=1S/C17H15FN2S/c1-11-5-6-14(18)8-15(11)17-20-16(10-21-17)13-4-2-3-12(7-13)9-19/h2-8,10H,9,19H2,1H3. The minimum atomic E-state index is -0.238. The zero-order chi connectivity index (χ0) is 14.8. The van der Waals surface area contributed by atoms with E-state index in [4.69, 9.17) is 5.73 Å². The van der Waals surface area contributed by atoms with Crippen molar-refractivity contribution in [1.29, 1.82) is 0 Å². The first-order valence-electron chi connectivity index (χ1n) is 6.69. The molecule has 0 bridgehead atoms. The number of aromatic nitrogens is 1. The van der Waals surface area contributed by atoms with Crippen molar-refractivity contribution in [2.45, 2.75) is 13.5 Å². The fourth-order valence-electron chi connectivity index (χ4n) is 2.21. The van der Waals surface area contributed by atoms with Crippen LogP contribution in [0.25, 0.3) is 21.8 Å². The van der Waals surface area contributed by atoms with Gasteiger partial charge in [-0.2, -0.15) is 0 Å². The normalized spacial score (nSPS) is 10.8. The summed E-state index contributed by atoms with van der Waals surface area (Å²) in [5.41, 5.74) is 10.5. The largest absolute Gasteiger partial charge is 0.326 e. The summed E-state index contributed by atoms with van der Waals surface area (Å²) < 4.78 is 13.4. The summed E-state index contributed by atoms with van der Waals surface area (Å²) in [6, 6.07) is 12.8. The summed E-state index contributed by atoms with van der Waals surface area (Å²) in [5, 5.41) is 2.83. The van der Waals surface area contributed by atoms with Gasteiger partial charge >= 0.3 is 0 Å². The molecular weight excluding hydrogens is 283 g/mol. The topological polar surface area (TPSA) is 38.9 Å². The summed E-state index contributed by atoms with van der Waals surface area (Å²) in [6.45, 7) is 2.47. The van der Waals surface area contributed by atoms with Gasteiger partial charge in [-0.25, -0.2) is 9.37 Å². The van der Waals surface area contributed by atoms with Crippen LogP contribution in [-0.2, 0) is 6.54 Å². The number of nitrogens with zero attached hydrogens (tertiary/aromatic N) is 1. The third kappa shape index (κ3) is 2.86. The van der Waals surface area contributed by atoms with Gasteiger partial charge in [0.15, 0.2) is 0 Å². The Balaban J connectivity index is 2.01. The Morgan fingerprint density at radius 1 is 1.19 bits per heavy atom. The fraction of sp³-hybridized carbons (Fsp3) is 0.118. The van der Waals surface area contributed by atoms with Gasteiger partial charge in [-0.05, 0) is 36.2 Å². The maximum atomic E-state index is 13.4. The molecule has 2 nitrogen and oxygen atoms in total. The number of hydrogen-bond acceptors (Lipinski definition) is 3. The lowest BCUT2D eigenvalue weighted by Crippen LogP contribution is -1.95. The van der Waals surface area contributed by atoms with Crippen molar-refractivity contribution in [3.8, 4) is 21.8 Å². The second-order valence-electron chi connectivity index (χ2n) is 4.90. The van der Waals surface area contributed by atoms with E-state index in [0.717, 1.165) is 33.0 Å². The summed E-state index contributed by atoms with van der Waals surface area (Å²) in [4.78, 5) is 4.64. The number of nitrogens with two attached hydrogens (primary N) is 1. The summed E-state index contributed by atoms with van der Waals surface area (Å²) in [5.74, 6) is -0.238. The van der Waals surface area contributed by atoms with Gasteiger partial charge < -0.3 is 5.73 Å². The molecule has 0 saturated heterocycles. The third-order valence-corrected chi connectivity index (χ3v) is 4.27. The lowest BCUT2D eigenvalue weighted by atomic mass is 10.1. The van der Waals surface area contributed by atoms with Gasteiger partial charge in [-0.15, -0.1) is 11.3 Å². The van der Waals surface area contributed by atoms with Gasteiger partial charge in [0.2, 0.25) is 0 Å². The number of rotatable bonds is 3. The second-order valence-corrected chi connectivity index (χ2v) is 5.76. The number of hydrogen-bond donors (Lipinski definition) is 1. The average Bonchev–Trinajstić information content (AvgIpc) is 2.99. The quantitative estimate of drug-likeness (QED) is 0.779. The molecule has 0 unspecified atom stereocenters. The highest BCUT2D eigenvalue weighted by Gasteiger charge is 2.10. The molecule has 1 heterocycles. The summed E-state index contributed by atoms with van der Waals surface area (Å²) >= 11 is 1.52. The third-order valence-electron chi connectivity index (χ3n) is 3.39. The molecule has 0 saturated carbocycles. The van der Waals surface area contributed by atoms with E-state index in [0.29, 0.717) is 6.54 Å². The number of halogens is 1. The maximum Gasteiger partial charge on any atom is 0.124 e. The molecule has 0 aliphatic carbocycles. The summed E-state index contributed by atoms with van der Waals surface area (Å²) in [7, 11) is 0. The van der Waals surface area contributed by atoms with Crippen molar-refractivity contribution in [2.75, 3.05) is 0 Å². The van der Waals surface area contributed by atoms with E-state index in [-0.39, 0.29) is 5.82 Å². The Kier molecular flexibility index (Phi) is 3.82. The molecule has 4 heteroatoms. The monoisotopic (exact) mass is 298 g/mol. The SMILES string of the molecule is Cc1ccc(F)cc1-c1nc(-c2cccc(CN)c2)cs1. The second kappa shape index (κ2) is 5.76. The fourth-order valence-corrected chi connectivity index (χ4v) is 3.12. The smallest absolute Gasteiger partial charge is 0.124 e. The molecule has 0 amide bonds. The zero-order valence-electron chi connectivity index (χ0n) is 11.6. The molecule has 3 rings (SSSR count). The average molecular weight is 298 g/mol. The van der Waals surface area contributed by atoms with Gasteiger partial charge in [0.05, 0.1) is 5.69 Å². The zero-order valence-corrected chi connectivity index (χ0v) is 12.5. The summed E-state index contributed by atoms with van der Waals surface area (Å²) in [6.07, 6.45) is 0. The van der Waals surface area contributed by atoms with E-state index in [1.165, 1.54) is 23.5 Å². The molecule has 0 atom stereocenters. The van der Waals surface area contributed by atoms with E-state index < -0.39 is 0 Å². The molecule has 106 valence electrons. The molecule has 0 spiro atoms. The van der Waals surface area contributed by atoms with Crippen molar-refractivity contribution in [2.24, 2.45) is 5.73 Å². The number of thiazole rings is 1. The lowest BCUT2D eigenvalue weighted by Gasteiger charge is -2.02. The van der Waals surface area contributed by atoms with Crippen LogP contribution < -0.4 is 5.73 Å². The Hall–Kier alpha value is -2.04. The highest BCUT2D eigenvalue weighted by Crippen LogP contribution is 2.31. The maximum absolute atomic E-state index is 13.4. The molecule has 21 heavy (non-hydrogen) atoms. The van der Waals surface area contributed by atoms with Crippen LogP contribution in [0, 0.1) is 12.7 Å². The van der Waals surface area contributed by atoms with Crippen molar-refractivity contribution >= 4 is 11.3 Å². The van der Waals surface area contributed by atoms with E-state index in [1.54, 1.807) is 6.07 Å². The number of aryl methyl sites for hydroxylation is 1. The van der Waals surface area contributed by atoms with Crippen molar-refractivity contribution < 1.29 is 4.39 Å². The molecule has 1 aromatic heterocycles. The van der Waals surface area contributed by atoms with Crippen LogP contribution in [0.1, 0.15) is 11.1 Å². The molecule has 2 aromatic carbocycles. The highest BCUT2D eigenvalue weighted by atomic mass is 32.1. The first kappa shape index (κ1) is 13.9. The molecule has 3 aromatic rings. The van der Waals surface area contributed by atoms with Crippen LogP contribution in [0.3, 0.4) is 0 Å². The Bertz CT molecular complexity index is 780. The Morgan fingerprint density at radius 2 is 2.05 bits per heavy atom. The van der Waals surface area contributed by atoms with Gasteiger partial charge in [0.25, 0.3) is 0 Å². The van der Waals surface area contributed by atoms with E-state index in [1.807, 2.05) is 36.6 Å². The highest BCUT2D eigenvalue weighted by molar-refractivity contribution is 7.13. The first-order chi connectivity index (χ1) is 10.2. The van der Waals surface area contributed by atoms with Crippen LogP contribution in [0.4, 0.5) is 4.39 Å². The Morgan fingerprint density at radius 3 is 2.86 bits per heavy atom. The lowest BCUT2D eigenvalue weighted by molar-refractivity contribution is 0.628. The Labute approximate surface area is 127 Å². The van der Waals surface area contributed by atoms with Gasteiger partial charge in [-0.1, -0.05) is 24.3 Å². The molecule has 0 radical (unpaired) electrons. The predicted molar refractivity (Wildman–Crippen MR) is 85.6 cm³/mol. The van der Waals surface area contributed by atoms with E-state index >= 15 is 0 Å². The van der Waals surface area contributed by atoms with Crippen LogP contribution in [0.5, 0.6) is 0 Å². The van der Waals surface area contributed by atoms with Gasteiger partial charge in [-0.3, -0.25) is 0 Å².